The summed E-state index contributed by atoms with van der Waals surface area (Å²) >= 11 is 12.3. The van der Waals surface area contributed by atoms with Gasteiger partial charge in [0.15, 0.2) is 5.82 Å². The van der Waals surface area contributed by atoms with Crippen LogP contribution in [-0.4, -0.2) is 26.9 Å². The Hall–Kier alpha value is -3.22. The Morgan fingerprint density at radius 3 is 2.37 bits per heavy atom. The van der Waals surface area contributed by atoms with Crippen molar-refractivity contribution in [1.29, 1.82) is 0 Å². The Balaban J connectivity index is 1.66. The van der Waals surface area contributed by atoms with Crippen molar-refractivity contribution in [2.24, 2.45) is 0 Å². The van der Waals surface area contributed by atoms with Gasteiger partial charge in [-0.05, 0) is 40.6 Å². The van der Waals surface area contributed by atoms with Gasteiger partial charge in [-0.3, -0.25) is 14.7 Å². The van der Waals surface area contributed by atoms with Gasteiger partial charge in [-0.2, -0.15) is 5.10 Å². The molecule has 4 aromatic rings. The normalized spacial score (nSPS) is 10.9. The van der Waals surface area contributed by atoms with Gasteiger partial charge >= 0.3 is 0 Å². The molecule has 6 nitrogen and oxygen atoms in total. The number of H-pyrrole nitrogens is 1. The third-order valence-electron chi connectivity index (χ3n) is 4.61. The molecule has 8 heteroatoms. The third kappa shape index (κ3) is 4.50. The maximum absolute atomic E-state index is 13.1. The van der Waals surface area contributed by atoms with Gasteiger partial charge in [0.25, 0.3) is 0 Å². The first-order valence-corrected chi connectivity index (χ1v) is 9.88. The van der Waals surface area contributed by atoms with Gasteiger partial charge in [-0.1, -0.05) is 59.6 Å². The Kier molecular flexibility index (Phi) is 5.79. The highest BCUT2D eigenvalue weighted by atomic mass is 35.5. The van der Waals surface area contributed by atoms with Crippen molar-refractivity contribution >= 4 is 51.4 Å². The zero-order valence-corrected chi connectivity index (χ0v) is 17.2. The summed E-state index contributed by atoms with van der Waals surface area (Å²) in [7, 11) is 0. The summed E-state index contributed by atoms with van der Waals surface area (Å²) in [4.78, 5) is 30.8. The molecule has 0 aliphatic carbocycles. The summed E-state index contributed by atoms with van der Waals surface area (Å²) in [6.07, 6.45) is 0.855. The van der Waals surface area contributed by atoms with Crippen LogP contribution in [0, 0.1) is 0 Å². The molecule has 0 radical (unpaired) electrons. The topological polar surface area (TPSA) is 79.0 Å². The second-order valence-electron chi connectivity index (χ2n) is 6.72. The van der Waals surface area contributed by atoms with Crippen molar-refractivity contribution in [2.75, 3.05) is 4.90 Å². The molecule has 1 amide bonds. The standard InChI is InChI=1S/C22H16Cl2N4O2/c23-17-8-18(24)10-19(9-17)28(21(30)11-20(29)22-25-13-26-27-22)12-14-5-6-15-3-1-2-4-16(15)7-14/h1-10,13H,11-12H2,(H,25,26,27). The summed E-state index contributed by atoms with van der Waals surface area (Å²) in [6.45, 7) is 0.254. The molecule has 0 unspecified atom stereocenters. The SMILES string of the molecule is O=C(CC(=O)N(Cc1ccc2ccccc2c1)c1cc(Cl)cc(Cl)c1)c1ncn[nH]1. The molecular formula is C22H16Cl2N4O2. The average Bonchev–Trinajstić information content (AvgIpc) is 3.26. The van der Waals surface area contributed by atoms with Crippen molar-refractivity contribution in [3.05, 3.63) is 88.4 Å². The van der Waals surface area contributed by atoms with Crippen molar-refractivity contribution in [3.63, 3.8) is 0 Å². The molecule has 1 N–H and O–H groups in total. The van der Waals surface area contributed by atoms with Crippen molar-refractivity contribution in [3.8, 4) is 0 Å². The van der Waals surface area contributed by atoms with Gasteiger partial charge in [-0.25, -0.2) is 4.98 Å². The van der Waals surface area contributed by atoms with Gasteiger partial charge in [0.2, 0.25) is 11.7 Å². The highest BCUT2D eigenvalue weighted by molar-refractivity contribution is 6.35. The number of fused-ring (bicyclic) bond motifs is 1. The fraction of sp³-hybridized carbons (Fsp3) is 0.0909. The van der Waals surface area contributed by atoms with E-state index >= 15 is 0 Å². The van der Waals surface area contributed by atoms with Crippen LogP contribution in [0.15, 0.2) is 67.0 Å². The van der Waals surface area contributed by atoms with E-state index in [1.54, 1.807) is 18.2 Å². The number of anilines is 1. The van der Waals surface area contributed by atoms with Crippen LogP contribution in [0.3, 0.4) is 0 Å². The predicted octanol–water partition coefficient (Wildman–Crippen LogP) is 5.07. The number of nitrogens with one attached hydrogen (secondary N) is 1. The van der Waals surface area contributed by atoms with Crippen LogP contribution in [0.5, 0.6) is 0 Å². The first-order chi connectivity index (χ1) is 14.5. The van der Waals surface area contributed by atoms with E-state index < -0.39 is 11.7 Å². The van der Waals surface area contributed by atoms with E-state index in [2.05, 4.69) is 15.2 Å². The maximum Gasteiger partial charge on any atom is 0.235 e. The van der Waals surface area contributed by atoms with Crippen LogP contribution in [0.1, 0.15) is 22.6 Å². The van der Waals surface area contributed by atoms with E-state index in [9.17, 15) is 9.59 Å². The fourth-order valence-electron chi connectivity index (χ4n) is 3.19. The lowest BCUT2D eigenvalue weighted by Gasteiger charge is -2.23. The van der Waals surface area contributed by atoms with Gasteiger partial charge in [0, 0.05) is 15.7 Å². The Morgan fingerprint density at radius 1 is 0.933 bits per heavy atom. The van der Waals surface area contributed by atoms with Gasteiger partial charge in [0.1, 0.15) is 6.33 Å². The van der Waals surface area contributed by atoms with Crippen molar-refractivity contribution in [1.82, 2.24) is 15.2 Å². The number of hydrogen-bond donors (Lipinski definition) is 1. The molecule has 0 aliphatic heterocycles. The van der Waals surface area contributed by atoms with Crippen LogP contribution in [0.2, 0.25) is 10.0 Å². The van der Waals surface area contributed by atoms with Crippen LogP contribution >= 0.6 is 23.2 Å². The molecule has 1 heterocycles. The van der Waals surface area contributed by atoms with Crippen LogP contribution < -0.4 is 4.90 Å². The van der Waals surface area contributed by atoms with Gasteiger partial charge in [0.05, 0.1) is 13.0 Å². The number of Topliss-reactive ketones (excluding diaryl/α,β-unsaturated/α-hetero) is 1. The number of aromatic nitrogens is 3. The maximum atomic E-state index is 13.1. The molecule has 0 fully saturated rings. The number of benzene rings is 3. The van der Waals surface area contributed by atoms with Crippen molar-refractivity contribution < 1.29 is 9.59 Å². The third-order valence-corrected chi connectivity index (χ3v) is 5.04. The highest BCUT2D eigenvalue weighted by Gasteiger charge is 2.22. The number of amides is 1. The van der Waals surface area contributed by atoms with E-state index in [-0.39, 0.29) is 18.8 Å². The molecule has 0 aliphatic rings. The molecular weight excluding hydrogens is 423 g/mol. The van der Waals surface area contributed by atoms with E-state index in [4.69, 9.17) is 23.2 Å². The minimum atomic E-state index is -0.450. The number of carbonyl (C=O) groups excluding carboxylic acids is 2. The lowest BCUT2D eigenvalue weighted by Crippen LogP contribution is -2.32. The minimum Gasteiger partial charge on any atom is -0.308 e. The Morgan fingerprint density at radius 2 is 1.67 bits per heavy atom. The van der Waals surface area contributed by atoms with Crippen LogP contribution in [0.4, 0.5) is 5.69 Å². The zero-order valence-electron chi connectivity index (χ0n) is 15.7. The number of rotatable bonds is 6. The number of halogens is 2. The lowest BCUT2D eigenvalue weighted by atomic mass is 10.1. The second-order valence-corrected chi connectivity index (χ2v) is 7.60. The summed E-state index contributed by atoms with van der Waals surface area (Å²) in [5.41, 5.74) is 1.42. The fourth-order valence-corrected chi connectivity index (χ4v) is 3.71. The van der Waals surface area contributed by atoms with Crippen LogP contribution in [0.25, 0.3) is 10.8 Å². The Labute approximate surface area is 182 Å². The molecule has 1 aromatic heterocycles. The summed E-state index contributed by atoms with van der Waals surface area (Å²) in [5.74, 6) is -0.810. The Bertz CT molecular complexity index is 1200. The average molecular weight is 439 g/mol. The number of aromatic amines is 1. The molecule has 150 valence electrons. The molecule has 0 saturated heterocycles. The van der Waals surface area contributed by atoms with E-state index in [1.165, 1.54) is 11.2 Å². The molecule has 0 spiro atoms. The lowest BCUT2D eigenvalue weighted by molar-refractivity contribution is -0.117. The molecule has 0 bridgehead atoms. The first-order valence-electron chi connectivity index (χ1n) is 9.12. The summed E-state index contributed by atoms with van der Waals surface area (Å²) in [6, 6.07) is 18.8. The number of ketones is 1. The quantitative estimate of drug-likeness (QED) is 0.336. The van der Waals surface area contributed by atoms with Gasteiger partial charge < -0.3 is 4.90 Å². The monoisotopic (exact) mass is 438 g/mol. The van der Waals surface area contributed by atoms with E-state index in [1.807, 2.05) is 42.5 Å². The zero-order chi connectivity index (χ0) is 21.1. The summed E-state index contributed by atoms with van der Waals surface area (Å²) < 4.78 is 0. The second kappa shape index (κ2) is 8.65. The first kappa shape index (κ1) is 20.1. The van der Waals surface area contributed by atoms with Gasteiger partial charge in [-0.15, -0.1) is 0 Å². The van der Waals surface area contributed by atoms with E-state index in [0.717, 1.165) is 16.3 Å². The molecule has 4 rings (SSSR count). The number of nitrogens with zero attached hydrogens (tertiary/aromatic N) is 3. The molecule has 0 atom stereocenters. The smallest absolute Gasteiger partial charge is 0.235 e. The number of hydrogen-bond acceptors (Lipinski definition) is 4. The number of carbonyl (C=O) groups is 2. The van der Waals surface area contributed by atoms with E-state index in [0.29, 0.717) is 15.7 Å². The highest BCUT2D eigenvalue weighted by Crippen LogP contribution is 2.28. The largest absolute Gasteiger partial charge is 0.308 e. The molecule has 0 saturated carbocycles. The molecule has 30 heavy (non-hydrogen) atoms. The predicted molar refractivity (Wildman–Crippen MR) is 117 cm³/mol. The molecule has 3 aromatic carbocycles. The van der Waals surface area contributed by atoms with Crippen molar-refractivity contribution in [2.45, 2.75) is 13.0 Å². The minimum absolute atomic E-state index is 0.0399. The summed E-state index contributed by atoms with van der Waals surface area (Å²) in [5, 5.41) is 9.10. The van der Waals surface area contributed by atoms with Crippen LogP contribution in [-0.2, 0) is 11.3 Å².